The molecule has 0 atom stereocenters. The van der Waals surface area contributed by atoms with Crippen LogP contribution < -0.4 is 9.47 Å². The Kier molecular flexibility index (Phi) is 5.47. The molecule has 27 heavy (non-hydrogen) atoms. The summed E-state index contributed by atoms with van der Waals surface area (Å²) in [6, 6.07) is 7.02. The predicted molar refractivity (Wildman–Crippen MR) is 101 cm³/mol. The van der Waals surface area contributed by atoms with E-state index >= 15 is 0 Å². The molecule has 1 aromatic carbocycles. The molecule has 1 fully saturated rings. The molecule has 4 rings (SSSR count). The maximum absolute atomic E-state index is 12.6. The van der Waals surface area contributed by atoms with Crippen LogP contribution in [0.15, 0.2) is 40.4 Å². The van der Waals surface area contributed by atoms with Crippen molar-refractivity contribution in [3.05, 3.63) is 41.0 Å². The van der Waals surface area contributed by atoms with Gasteiger partial charge in [-0.15, -0.1) is 11.8 Å². The van der Waals surface area contributed by atoms with Crippen molar-refractivity contribution >= 4 is 33.4 Å². The van der Waals surface area contributed by atoms with Gasteiger partial charge in [-0.3, -0.25) is 0 Å². The zero-order valence-corrected chi connectivity index (χ0v) is 16.6. The van der Waals surface area contributed by atoms with Crippen LogP contribution in [0.4, 0.5) is 0 Å². The summed E-state index contributed by atoms with van der Waals surface area (Å²) in [5.41, 5.74) is 0.973. The Bertz CT molecular complexity index is 931. The minimum absolute atomic E-state index is 0.173. The lowest BCUT2D eigenvalue weighted by Crippen LogP contribution is -2.40. The highest BCUT2D eigenvalue weighted by Crippen LogP contribution is 2.40. The van der Waals surface area contributed by atoms with E-state index in [9.17, 15) is 8.42 Å². The monoisotopic (exact) mass is 428 g/mol. The third-order valence-corrected chi connectivity index (χ3v) is 7.37. The summed E-state index contributed by atoms with van der Waals surface area (Å²) in [5.74, 6) is 1.83. The fourth-order valence-corrected chi connectivity index (χ4v) is 5.22. The number of sulfonamides is 1. The summed E-state index contributed by atoms with van der Waals surface area (Å²) in [5, 5.41) is 1.24. The van der Waals surface area contributed by atoms with Crippen molar-refractivity contribution < 1.29 is 22.6 Å². The maximum atomic E-state index is 12.6. The van der Waals surface area contributed by atoms with Gasteiger partial charge in [-0.25, -0.2) is 13.4 Å². The summed E-state index contributed by atoms with van der Waals surface area (Å²) in [4.78, 5) is 4.48. The number of rotatable bonds is 5. The molecule has 1 saturated heterocycles. The topological polar surface area (TPSA) is 78.0 Å². The van der Waals surface area contributed by atoms with Crippen LogP contribution in [0.25, 0.3) is 0 Å². The lowest BCUT2D eigenvalue weighted by atomic mass is 10.2. The van der Waals surface area contributed by atoms with Gasteiger partial charge in [0.25, 0.3) is 0 Å². The maximum Gasteiger partial charge on any atom is 0.244 e. The van der Waals surface area contributed by atoms with Crippen LogP contribution in [-0.2, 0) is 20.5 Å². The number of hydrogen-bond donors (Lipinski definition) is 0. The van der Waals surface area contributed by atoms with Gasteiger partial charge in [-0.1, -0.05) is 11.6 Å². The molecule has 2 aliphatic rings. The average molecular weight is 429 g/mol. The minimum Gasteiger partial charge on any atom is -0.454 e. The molecule has 0 spiro atoms. The summed E-state index contributed by atoms with van der Waals surface area (Å²) in [7, 11) is -3.52. The molecule has 0 aliphatic carbocycles. The Morgan fingerprint density at radius 2 is 2.00 bits per heavy atom. The largest absolute Gasteiger partial charge is 0.454 e. The molecule has 0 bridgehead atoms. The van der Waals surface area contributed by atoms with Gasteiger partial charge in [-0.05, 0) is 29.8 Å². The second-order valence-electron chi connectivity index (χ2n) is 5.95. The first-order valence-corrected chi connectivity index (χ1v) is 11.1. The Hall–Kier alpha value is -1.52. The lowest BCUT2D eigenvalue weighted by molar-refractivity contribution is 0.0730. The molecular formula is C17H17ClN2O5S2. The second kappa shape index (κ2) is 7.84. The van der Waals surface area contributed by atoms with Gasteiger partial charge in [0.15, 0.2) is 11.5 Å². The van der Waals surface area contributed by atoms with E-state index < -0.39 is 10.0 Å². The molecular weight excluding hydrogens is 412 g/mol. The molecule has 2 aliphatic heterocycles. The van der Waals surface area contributed by atoms with E-state index in [2.05, 4.69) is 4.98 Å². The highest BCUT2D eigenvalue weighted by Gasteiger charge is 2.26. The fraction of sp³-hybridized carbons (Fsp3) is 0.353. The van der Waals surface area contributed by atoms with Gasteiger partial charge in [-0.2, -0.15) is 4.31 Å². The van der Waals surface area contributed by atoms with Gasteiger partial charge in [0.05, 0.1) is 23.3 Å². The smallest absolute Gasteiger partial charge is 0.244 e. The number of morpholine rings is 1. The van der Waals surface area contributed by atoms with Gasteiger partial charge >= 0.3 is 0 Å². The normalized spacial score (nSPS) is 17.2. The highest BCUT2D eigenvalue weighted by molar-refractivity contribution is 7.98. The Morgan fingerprint density at radius 3 is 2.74 bits per heavy atom. The van der Waals surface area contributed by atoms with Gasteiger partial charge in [0.2, 0.25) is 16.8 Å². The Labute approximate surface area is 166 Å². The van der Waals surface area contributed by atoms with Crippen LogP contribution in [0.3, 0.4) is 0 Å². The van der Waals surface area contributed by atoms with Gasteiger partial charge < -0.3 is 14.2 Å². The lowest BCUT2D eigenvalue weighted by Gasteiger charge is -2.25. The zero-order chi connectivity index (χ0) is 18.9. The first kappa shape index (κ1) is 18.8. The van der Waals surface area contributed by atoms with Gasteiger partial charge in [0, 0.05) is 25.0 Å². The SMILES string of the molecule is O=S(=O)(c1ccc(SCc2cc(Cl)c3c(c2)OCO3)nc1)N1CCOCC1. The van der Waals surface area contributed by atoms with Gasteiger partial charge in [0.1, 0.15) is 4.90 Å². The first-order chi connectivity index (χ1) is 13.0. The average Bonchev–Trinajstić information content (AvgIpc) is 3.17. The number of aromatic nitrogens is 1. The van der Waals surface area contributed by atoms with Crippen LogP contribution in [0.1, 0.15) is 5.56 Å². The van der Waals surface area contributed by atoms with E-state index in [1.807, 2.05) is 12.1 Å². The van der Waals surface area contributed by atoms with Crippen molar-refractivity contribution in [1.29, 1.82) is 0 Å². The van der Waals surface area contributed by atoms with E-state index in [4.69, 9.17) is 25.8 Å². The van der Waals surface area contributed by atoms with Crippen molar-refractivity contribution in [1.82, 2.24) is 9.29 Å². The van der Waals surface area contributed by atoms with E-state index in [1.54, 1.807) is 12.1 Å². The molecule has 144 valence electrons. The first-order valence-electron chi connectivity index (χ1n) is 8.29. The second-order valence-corrected chi connectivity index (χ2v) is 9.29. The number of pyridine rings is 1. The summed E-state index contributed by atoms with van der Waals surface area (Å²) >= 11 is 7.68. The summed E-state index contributed by atoms with van der Waals surface area (Å²) in [6.45, 7) is 1.73. The number of halogens is 1. The van der Waals surface area contributed by atoms with Crippen molar-refractivity contribution in [3.8, 4) is 11.5 Å². The number of fused-ring (bicyclic) bond motifs is 1. The number of benzene rings is 1. The van der Waals surface area contributed by atoms with Crippen LogP contribution >= 0.6 is 23.4 Å². The van der Waals surface area contributed by atoms with E-state index in [1.165, 1.54) is 22.3 Å². The highest BCUT2D eigenvalue weighted by atomic mass is 35.5. The van der Waals surface area contributed by atoms with E-state index in [0.717, 1.165) is 10.6 Å². The van der Waals surface area contributed by atoms with Crippen LogP contribution in [0.2, 0.25) is 5.02 Å². The molecule has 7 nitrogen and oxygen atoms in total. The number of ether oxygens (including phenoxy) is 3. The van der Waals surface area contributed by atoms with Crippen molar-refractivity contribution in [2.45, 2.75) is 15.7 Å². The van der Waals surface area contributed by atoms with Crippen molar-refractivity contribution in [3.63, 3.8) is 0 Å². The molecule has 0 amide bonds. The number of nitrogens with zero attached hydrogens (tertiary/aromatic N) is 2. The quantitative estimate of drug-likeness (QED) is 0.677. The van der Waals surface area contributed by atoms with Crippen LogP contribution in [0, 0.1) is 0 Å². The standard InChI is InChI=1S/C17H17ClN2O5S2/c18-14-7-12(8-15-17(14)25-11-24-15)10-26-16-2-1-13(9-19-16)27(21,22)20-3-5-23-6-4-20/h1-2,7-9H,3-6,10-11H2. The molecule has 1 aromatic heterocycles. The van der Waals surface area contributed by atoms with E-state index in [-0.39, 0.29) is 11.7 Å². The molecule has 0 radical (unpaired) electrons. The summed E-state index contributed by atoms with van der Waals surface area (Å²) in [6.07, 6.45) is 1.40. The summed E-state index contributed by atoms with van der Waals surface area (Å²) < 4.78 is 42.5. The third kappa shape index (κ3) is 4.02. The molecule has 0 saturated carbocycles. The molecule has 0 N–H and O–H groups in total. The minimum atomic E-state index is -3.52. The van der Waals surface area contributed by atoms with Crippen LogP contribution in [0.5, 0.6) is 11.5 Å². The van der Waals surface area contributed by atoms with E-state index in [0.29, 0.717) is 48.6 Å². The molecule has 3 heterocycles. The molecule has 10 heteroatoms. The number of hydrogen-bond acceptors (Lipinski definition) is 7. The fourth-order valence-electron chi connectivity index (χ4n) is 2.80. The Morgan fingerprint density at radius 1 is 1.19 bits per heavy atom. The van der Waals surface area contributed by atoms with Crippen molar-refractivity contribution in [2.24, 2.45) is 0 Å². The van der Waals surface area contributed by atoms with Crippen LogP contribution in [-0.4, -0.2) is 50.8 Å². The zero-order valence-electron chi connectivity index (χ0n) is 14.3. The third-order valence-electron chi connectivity index (χ3n) is 4.19. The van der Waals surface area contributed by atoms with Crippen molar-refractivity contribution in [2.75, 3.05) is 33.1 Å². The predicted octanol–water partition coefficient (Wildman–Crippen LogP) is 2.78. The molecule has 2 aromatic rings. The number of thioether (sulfide) groups is 1. The Balaban J connectivity index is 1.43. The molecule has 0 unspecified atom stereocenters.